The Morgan fingerprint density at radius 1 is 1.53 bits per heavy atom. The zero-order chi connectivity index (χ0) is 13.3. The molecule has 0 amide bonds. The van der Waals surface area contributed by atoms with Gasteiger partial charge in [-0.15, -0.1) is 0 Å². The lowest BCUT2D eigenvalue weighted by Crippen LogP contribution is -2.36. The second-order valence-corrected chi connectivity index (χ2v) is 4.06. The molecule has 1 aliphatic heterocycles. The standard InChI is InChI=1S/C9H12F5NO2/c1-5(2-9(12,13)14)15-4-6-3-8(10,11)7(16)17-6/h5-6,15H,2-4H2,1H3. The van der Waals surface area contributed by atoms with Gasteiger partial charge in [0.25, 0.3) is 0 Å². The van der Waals surface area contributed by atoms with E-state index in [1.807, 2.05) is 0 Å². The van der Waals surface area contributed by atoms with Crippen molar-refractivity contribution < 1.29 is 31.5 Å². The second kappa shape index (κ2) is 4.75. The molecule has 8 heteroatoms. The highest BCUT2D eigenvalue weighted by molar-refractivity contribution is 5.79. The molecule has 1 rings (SSSR count). The summed E-state index contributed by atoms with van der Waals surface area (Å²) < 4.78 is 65.6. The summed E-state index contributed by atoms with van der Waals surface area (Å²) in [5, 5.41) is 2.41. The molecule has 100 valence electrons. The maximum absolute atomic E-state index is 12.7. The van der Waals surface area contributed by atoms with Crippen LogP contribution in [0.4, 0.5) is 22.0 Å². The van der Waals surface area contributed by atoms with Crippen molar-refractivity contribution in [3.8, 4) is 0 Å². The molecule has 0 saturated carbocycles. The number of esters is 1. The van der Waals surface area contributed by atoms with Gasteiger partial charge in [-0.3, -0.25) is 0 Å². The average Bonchev–Trinajstić information content (AvgIpc) is 2.35. The highest BCUT2D eigenvalue weighted by Crippen LogP contribution is 2.30. The van der Waals surface area contributed by atoms with Crippen molar-refractivity contribution >= 4 is 5.97 Å². The summed E-state index contributed by atoms with van der Waals surface area (Å²) in [7, 11) is 0. The van der Waals surface area contributed by atoms with E-state index in [4.69, 9.17) is 0 Å². The van der Waals surface area contributed by atoms with Crippen LogP contribution in [-0.2, 0) is 9.53 Å². The SMILES string of the molecule is CC(CC(F)(F)F)NCC1CC(F)(F)C(=O)O1. The Bertz CT molecular complexity index is 292. The number of ether oxygens (including phenoxy) is 1. The largest absolute Gasteiger partial charge is 0.456 e. The lowest BCUT2D eigenvalue weighted by atomic mass is 10.1. The quantitative estimate of drug-likeness (QED) is 0.620. The molecule has 0 spiro atoms. The molecule has 1 saturated heterocycles. The fourth-order valence-corrected chi connectivity index (χ4v) is 1.51. The first-order chi connectivity index (χ1) is 7.60. The van der Waals surface area contributed by atoms with E-state index in [2.05, 4.69) is 10.1 Å². The number of hydrogen-bond donors (Lipinski definition) is 1. The van der Waals surface area contributed by atoms with E-state index in [1.54, 1.807) is 0 Å². The molecule has 1 aliphatic rings. The van der Waals surface area contributed by atoms with Crippen LogP contribution in [0.25, 0.3) is 0 Å². The molecule has 0 aromatic rings. The summed E-state index contributed by atoms with van der Waals surface area (Å²) in [6.45, 7) is 1.07. The molecule has 0 aromatic heterocycles. The van der Waals surface area contributed by atoms with Crippen molar-refractivity contribution in [2.24, 2.45) is 0 Å². The molecule has 2 unspecified atom stereocenters. The molecule has 0 radical (unpaired) electrons. The molecular formula is C9H12F5NO2. The normalized spacial score (nSPS) is 25.8. The molecule has 1 N–H and O–H groups in total. The van der Waals surface area contributed by atoms with Crippen LogP contribution in [0.2, 0.25) is 0 Å². The number of carbonyl (C=O) groups excluding carboxylic acids is 1. The number of carbonyl (C=O) groups is 1. The Morgan fingerprint density at radius 3 is 2.53 bits per heavy atom. The molecule has 0 bridgehead atoms. The fraction of sp³-hybridized carbons (Fsp3) is 0.889. The smallest absolute Gasteiger partial charge is 0.390 e. The minimum Gasteiger partial charge on any atom is -0.456 e. The van der Waals surface area contributed by atoms with Crippen LogP contribution in [0.5, 0.6) is 0 Å². The average molecular weight is 261 g/mol. The van der Waals surface area contributed by atoms with Gasteiger partial charge in [0, 0.05) is 12.6 Å². The molecule has 1 fully saturated rings. The Hall–Kier alpha value is -0.920. The summed E-state index contributed by atoms with van der Waals surface area (Å²) in [6, 6.07) is -0.914. The summed E-state index contributed by atoms with van der Waals surface area (Å²) in [5.74, 6) is -5.15. The van der Waals surface area contributed by atoms with E-state index in [1.165, 1.54) is 6.92 Å². The van der Waals surface area contributed by atoms with Gasteiger partial charge in [0.05, 0.1) is 12.8 Å². The lowest BCUT2D eigenvalue weighted by molar-refractivity contribution is -0.159. The van der Waals surface area contributed by atoms with Gasteiger partial charge in [0.2, 0.25) is 0 Å². The van der Waals surface area contributed by atoms with Crippen LogP contribution >= 0.6 is 0 Å². The van der Waals surface area contributed by atoms with E-state index in [0.717, 1.165) is 0 Å². The first kappa shape index (κ1) is 14.1. The Balaban J connectivity index is 2.31. The predicted molar refractivity (Wildman–Crippen MR) is 47.6 cm³/mol. The van der Waals surface area contributed by atoms with Crippen LogP contribution in [0.3, 0.4) is 0 Å². The zero-order valence-corrected chi connectivity index (χ0v) is 8.98. The van der Waals surface area contributed by atoms with Crippen molar-refractivity contribution in [2.45, 2.75) is 44.0 Å². The van der Waals surface area contributed by atoms with Gasteiger partial charge in [-0.25, -0.2) is 4.79 Å². The third-order valence-corrected chi connectivity index (χ3v) is 2.29. The maximum Gasteiger partial charge on any atom is 0.390 e. The summed E-state index contributed by atoms with van der Waals surface area (Å²) >= 11 is 0. The molecule has 2 atom stereocenters. The van der Waals surface area contributed by atoms with E-state index in [0.29, 0.717) is 0 Å². The highest BCUT2D eigenvalue weighted by atomic mass is 19.4. The number of nitrogens with one attached hydrogen (secondary N) is 1. The lowest BCUT2D eigenvalue weighted by Gasteiger charge is -2.17. The number of hydrogen-bond acceptors (Lipinski definition) is 3. The minimum atomic E-state index is -4.32. The van der Waals surface area contributed by atoms with Crippen LogP contribution in [0.15, 0.2) is 0 Å². The van der Waals surface area contributed by atoms with Gasteiger partial charge < -0.3 is 10.1 Å². The van der Waals surface area contributed by atoms with E-state index in [9.17, 15) is 26.7 Å². The van der Waals surface area contributed by atoms with Crippen LogP contribution in [0, 0.1) is 0 Å². The summed E-state index contributed by atoms with van der Waals surface area (Å²) in [6.07, 6.45) is -7.25. The number of cyclic esters (lactones) is 1. The van der Waals surface area contributed by atoms with Gasteiger partial charge in [0.1, 0.15) is 6.10 Å². The first-order valence-corrected chi connectivity index (χ1v) is 4.99. The zero-order valence-electron chi connectivity index (χ0n) is 8.98. The Labute approximate surface area is 94.3 Å². The van der Waals surface area contributed by atoms with Crippen LogP contribution in [-0.4, -0.2) is 36.8 Å². The van der Waals surface area contributed by atoms with Crippen LogP contribution < -0.4 is 5.32 Å². The fourth-order valence-electron chi connectivity index (χ4n) is 1.51. The summed E-state index contributed by atoms with van der Waals surface area (Å²) in [5.41, 5.74) is 0. The van der Waals surface area contributed by atoms with Crippen LogP contribution in [0.1, 0.15) is 19.8 Å². The number of rotatable bonds is 4. The maximum atomic E-state index is 12.7. The van der Waals surface area contributed by atoms with Crippen molar-refractivity contribution in [1.29, 1.82) is 0 Å². The van der Waals surface area contributed by atoms with Crippen molar-refractivity contribution in [1.82, 2.24) is 5.32 Å². The van der Waals surface area contributed by atoms with Crippen molar-refractivity contribution in [3.63, 3.8) is 0 Å². The van der Waals surface area contributed by atoms with Crippen molar-refractivity contribution in [3.05, 3.63) is 0 Å². The third kappa shape index (κ3) is 4.45. The predicted octanol–water partition coefficient (Wildman–Crippen LogP) is 1.87. The minimum absolute atomic E-state index is 0.210. The van der Waals surface area contributed by atoms with Gasteiger partial charge in [-0.05, 0) is 6.92 Å². The monoisotopic (exact) mass is 261 g/mol. The molecule has 0 aliphatic carbocycles. The molecule has 17 heavy (non-hydrogen) atoms. The first-order valence-electron chi connectivity index (χ1n) is 4.99. The van der Waals surface area contributed by atoms with Gasteiger partial charge >= 0.3 is 18.1 Å². The molecule has 0 aromatic carbocycles. The second-order valence-electron chi connectivity index (χ2n) is 4.06. The molecular weight excluding hydrogens is 249 g/mol. The molecule has 1 heterocycles. The molecule has 3 nitrogen and oxygen atoms in total. The highest BCUT2D eigenvalue weighted by Gasteiger charge is 2.50. The third-order valence-electron chi connectivity index (χ3n) is 2.29. The van der Waals surface area contributed by atoms with Crippen molar-refractivity contribution in [2.75, 3.05) is 6.54 Å². The number of alkyl halides is 5. The van der Waals surface area contributed by atoms with E-state index < -0.39 is 43.1 Å². The Morgan fingerprint density at radius 2 is 2.12 bits per heavy atom. The topological polar surface area (TPSA) is 38.3 Å². The summed E-state index contributed by atoms with van der Waals surface area (Å²) in [4.78, 5) is 10.6. The van der Waals surface area contributed by atoms with Gasteiger partial charge in [-0.1, -0.05) is 0 Å². The van der Waals surface area contributed by atoms with Gasteiger partial charge in [0.15, 0.2) is 0 Å². The van der Waals surface area contributed by atoms with E-state index >= 15 is 0 Å². The number of halogens is 5. The van der Waals surface area contributed by atoms with E-state index in [-0.39, 0.29) is 6.54 Å². The van der Waals surface area contributed by atoms with Gasteiger partial charge in [-0.2, -0.15) is 22.0 Å². The Kier molecular flexibility index (Phi) is 3.95.